The number of hydrogen-bond donors (Lipinski definition) is 1. The third-order valence-electron chi connectivity index (χ3n) is 3.35. The Labute approximate surface area is 128 Å². The Bertz CT molecular complexity index is 916. The summed E-state index contributed by atoms with van der Waals surface area (Å²) in [5.74, 6) is 0.602. The molecule has 0 amide bonds. The SMILES string of the molecule is Cc1noc(-c2ccccc2)c1-c1cccc(S(N)(=O)=O)c1. The van der Waals surface area contributed by atoms with Gasteiger partial charge in [-0.1, -0.05) is 47.6 Å². The van der Waals surface area contributed by atoms with Gasteiger partial charge in [0.05, 0.1) is 16.2 Å². The monoisotopic (exact) mass is 314 g/mol. The summed E-state index contributed by atoms with van der Waals surface area (Å²) in [5.41, 5.74) is 3.02. The van der Waals surface area contributed by atoms with Gasteiger partial charge >= 0.3 is 0 Å². The van der Waals surface area contributed by atoms with Gasteiger partial charge in [0.2, 0.25) is 10.0 Å². The maximum atomic E-state index is 11.5. The lowest BCUT2D eigenvalue weighted by Crippen LogP contribution is -2.11. The van der Waals surface area contributed by atoms with Crippen LogP contribution in [0.2, 0.25) is 0 Å². The van der Waals surface area contributed by atoms with Gasteiger partial charge in [-0.3, -0.25) is 0 Å². The van der Waals surface area contributed by atoms with E-state index in [1.165, 1.54) is 12.1 Å². The van der Waals surface area contributed by atoms with Gasteiger partial charge in [-0.15, -0.1) is 0 Å². The van der Waals surface area contributed by atoms with Gasteiger partial charge in [-0.2, -0.15) is 0 Å². The van der Waals surface area contributed by atoms with Crippen LogP contribution >= 0.6 is 0 Å². The molecule has 0 saturated heterocycles. The summed E-state index contributed by atoms with van der Waals surface area (Å²) >= 11 is 0. The van der Waals surface area contributed by atoms with Crippen LogP contribution in [0.15, 0.2) is 64.0 Å². The molecule has 1 aromatic heterocycles. The summed E-state index contributed by atoms with van der Waals surface area (Å²) in [6.07, 6.45) is 0. The van der Waals surface area contributed by atoms with Crippen LogP contribution < -0.4 is 5.14 Å². The van der Waals surface area contributed by atoms with E-state index in [1.54, 1.807) is 12.1 Å². The van der Waals surface area contributed by atoms with Crippen molar-refractivity contribution in [3.8, 4) is 22.5 Å². The topological polar surface area (TPSA) is 86.2 Å². The van der Waals surface area contributed by atoms with Gasteiger partial charge in [0.25, 0.3) is 0 Å². The van der Waals surface area contributed by atoms with Crippen LogP contribution in [0.5, 0.6) is 0 Å². The van der Waals surface area contributed by atoms with Gasteiger partial charge in [0.15, 0.2) is 5.76 Å². The van der Waals surface area contributed by atoms with Crippen LogP contribution in [0.3, 0.4) is 0 Å². The van der Waals surface area contributed by atoms with Crippen LogP contribution in [0.25, 0.3) is 22.5 Å². The predicted molar refractivity (Wildman–Crippen MR) is 83.5 cm³/mol. The quantitative estimate of drug-likeness (QED) is 0.805. The second-order valence-corrected chi connectivity index (χ2v) is 6.47. The molecule has 2 aromatic carbocycles. The molecule has 0 atom stereocenters. The van der Waals surface area contributed by atoms with Crippen molar-refractivity contribution in [1.82, 2.24) is 5.16 Å². The maximum absolute atomic E-state index is 11.5. The van der Waals surface area contributed by atoms with Crippen LogP contribution in [0.4, 0.5) is 0 Å². The normalized spacial score (nSPS) is 11.5. The van der Waals surface area contributed by atoms with E-state index in [0.717, 1.165) is 11.1 Å². The van der Waals surface area contributed by atoms with Crippen molar-refractivity contribution in [2.45, 2.75) is 11.8 Å². The average molecular weight is 314 g/mol. The minimum Gasteiger partial charge on any atom is -0.355 e. The fourth-order valence-electron chi connectivity index (χ4n) is 2.32. The molecule has 0 unspecified atom stereocenters. The number of hydrogen-bond acceptors (Lipinski definition) is 4. The smallest absolute Gasteiger partial charge is 0.238 e. The summed E-state index contributed by atoms with van der Waals surface area (Å²) in [4.78, 5) is 0.0598. The number of sulfonamides is 1. The molecule has 0 radical (unpaired) electrons. The van der Waals surface area contributed by atoms with E-state index < -0.39 is 10.0 Å². The number of nitrogens with zero attached hydrogens (tertiary/aromatic N) is 1. The first-order valence-corrected chi connectivity index (χ1v) is 8.16. The third-order valence-corrected chi connectivity index (χ3v) is 4.26. The Morgan fingerprint density at radius 3 is 2.36 bits per heavy atom. The predicted octanol–water partition coefficient (Wildman–Crippen LogP) is 2.96. The van der Waals surface area contributed by atoms with Crippen molar-refractivity contribution in [2.75, 3.05) is 0 Å². The van der Waals surface area contributed by atoms with Crippen LogP contribution in [0.1, 0.15) is 5.69 Å². The van der Waals surface area contributed by atoms with Crippen molar-refractivity contribution in [3.05, 3.63) is 60.3 Å². The fraction of sp³-hybridized carbons (Fsp3) is 0.0625. The van der Waals surface area contributed by atoms with Gasteiger partial charge in [-0.25, -0.2) is 13.6 Å². The highest BCUT2D eigenvalue weighted by atomic mass is 32.2. The number of nitrogens with two attached hydrogens (primary N) is 1. The summed E-state index contributed by atoms with van der Waals surface area (Å²) in [6, 6.07) is 16.0. The highest BCUT2D eigenvalue weighted by molar-refractivity contribution is 7.89. The Hall–Kier alpha value is -2.44. The lowest BCUT2D eigenvalue weighted by molar-refractivity contribution is 0.427. The second kappa shape index (κ2) is 5.40. The molecule has 0 aliphatic heterocycles. The fourth-order valence-corrected chi connectivity index (χ4v) is 2.88. The molecule has 5 nitrogen and oxygen atoms in total. The minimum absolute atomic E-state index is 0.0598. The van der Waals surface area contributed by atoms with Gasteiger partial charge < -0.3 is 4.52 Å². The largest absolute Gasteiger partial charge is 0.355 e. The lowest BCUT2D eigenvalue weighted by atomic mass is 10.00. The first-order valence-electron chi connectivity index (χ1n) is 6.62. The molecular formula is C16H14N2O3S. The molecule has 112 valence electrons. The van der Waals surface area contributed by atoms with Gasteiger partial charge in [0.1, 0.15) is 0 Å². The van der Waals surface area contributed by atoms with Crippen LogP contribution in [-0.2, 0) is 10.0 Å². The van der Waals surface area contributed by atoms with Crippen molar-refractivity contribution >= 4 is 10.0 Å². The number of primary sulfonamides is 1. The number of aryl methyl sites for hydroxylation is 1. The zero-order chi connectivity index (χ0) is 15.7. The second-order valence-electron chi connectivity index (χ2n) is 4.91. The van der Waals surface area contributed by atoms with Crippen molar-refractivity contribution < 1.29 is 12.9 Å². The minimum atomic E-state index is -3.76. The first kappa shape index (κ1) is 14.5. The molecule has 22 heavy (non-hydrogen) atoms. The molecule has 0 aliphatic carbocycles. The molecule has 3 rings (SSSR count). The summed E-state index contributed by atoms with van der Waals surface area (Å²) in [6.45, 7) is 1.81. The van der Waals surface area contributed by atoms with Crippen molar-refractivity contribution in [2.24, 2.45) is 5.14 Å². The molecule has 0 fully saturated rings. The zero-order valence-corrected chi connectivity index (χ0v) is 12.7. The molecule has 3 aromatic rings. The van der Waals surface area contributed by atoms with Crippen molar-refractivity contribution in [3.63, 3.8) is 0 Å². The number of rotatable bonds is 3. The molecular weight excluding hydrogens is 300 g/mol. The number of benzene rings is 2. The average Bonchev–Trinajstić information content (AvgIpc) is 2.89. The van der Waals surface area contributed by atoms with E-state index in [1.807, 2.05) is 37.3 Å². The Kier molecular flexibility index (Phi) is 3.56. The summed E-state index contributed by atoms with van der Waals surface area (Å²) in [7, 11) is -3.76. The molecule has 2 N–H and O–H groups in total. The van der Waals surface area contributed by atoms with E-state index >= 15 is 0 Å². The Morgan fingerprint density at radius 2 is 1.68 bits per heavy atom. The highest BCUT2D eigenvalue weighted by Gasteiger charge is 2.18. The van der Waals surface area contributed by atoms with Gasteiger partial charge in [0, 0.05) is 5.56 Å². The standard InChI is InChI=1S/C16H14N2O3S/c1-11-15(13-8-5-9-14(10-13)22(17,19)20)16(21-18-11)12-6-3-2-4-7-12/h2-10H,1H3,(H2,17,19,20). The van der Waals surface area contributed by atoms with E-state index in [4.69, 9.17) is 9.66 Å². The molecule has 6 heteroatoms. The number of aromatic nitrogens is 1. The van der Waals surface area contributed by atoms with Crippen LogP contribution in [-0.4, -0.2) is 13.6 Å². The zero-order valence-electron chi connectivity index (χ0n) is 11.9. The molecule has 0 bridgehead atoms. The Morgan fingerprint density at radius 1 is 1.00 bits per heavy atom. The Balaban J connectivity index is 2.20. The van der Waals surface area contributed by atoms with Gasteiger partial charge in [-0.05, 0) is 24.6 Å². The van der Waals surface area contributed by atoms with Crippen LogP contribution in [0, 0.1) is 6.92 Å². The third kappa shape index (κ3) is 2.66. The highest BCUT2D eigenvalue weighted by Crippen LogP contribution is 2.35. The van der Waals surface area contributed by atoms with E-state index in [-0.39, 0.29) is 4.90 Å². The lowest BCUT2D eigenvalue weighted by Gasteiger charge is -2.05. The van der Waals surface area contributed by atoms with E-state index in [2.05, 4.69) is 5.16 Å². The van der Waals surface area contributed by atoms with Crippen molar-refractivity contribution in [1.29, 1.82) is 0 Å². The molecule has 0 aliphatic rings. The summed E-state index contributed by atoms with van der Waals surface area (Å²) < 4.78 is 28.5. The maximum Gasteiger partial charge on any atom is 0.238 e. The van der Waals surface area contributed by atoms with E-state index in [9.17, 15) is 8.42 Å². The first-order chi connectivity index (χ1) is 10.5. The molecule has 1 heterocycles. The summed E-state index contributed by atoms with van der Waals surface area (Å²) in [5, 5.41) is 9.20. The molecule has 0 spiro atoms. The molecule has 0 saturated carbocycles. The van der Waals surface area contributed by atoms with E-state index in [0.29, 0.717) is 17.0 Å².